The van der Waals surface area contributed by atoms with Gasteiger partial charge in [0.25, 0.3) is 0 Å². The number of hydrogen-bond donors (Lipinski definition) is 0. The molecule has 0 unspecified atom stereocenters. The van der Waals surface area contributed by atoms with Crippen LogP contribution in [-0.4, -0.2) is 17.6 Å². The highest BCUT2D eigenvalue weighted by molar-refractivity contribution is 7.19. The molecule has 0 bridgehead atoms. The van der Waals surface area contributed by atoms with Crippen molar-refractivity contribution >= 4 is 50.8 Å². The summed E-state index contributed by atoms with van der Waals surface area (Å²) in [5, 5.41) is 7.89. The van der Waals surface area contributed by atoms with Crippen molar-refractivity contribution in [1.82, 2.24) is 9.55 Å². The molecule has 2 heterocycles. The van der Waals surface area contributed by atoms with E-state index < -0.39 is 8.07 Å². The fourth-order valence-electron chi connectivity index (χ4n) is 5.98. The number of fused-ring (bicyclic) bond motifs is 3. The first-order chi connectivity index (χ1) is 18.9. The lowest BCUT2D eigenvalue weighted by Gasteiger charge is -2.34. The Hall–Kier alpha value is -4.73. The standard InChI is InChI=1S/C35H26N2Si/c1-4-13-28(14-5-1)38(29-15-6-2-7-16-29,30-17-8-3-9-18-30)31-24-22-27(23-25-31)37-34-21-11-10-19-32(34)33-20-12-26-36-35(33)37/h1-26H. The van der Waals surface area contributed by atoms with E-state index in [1.54, 1.807) is 0 Å². The molecule has 180 valence electrons. The Labute approximate surface area is 223 Å². The van der Waals surface area contributed by atoms with Crippen LogP contribution in [0.15, 0.2) is 158 Å². The summed E-state index contributed by atoms with van der Waals surface area (Å²) in [4.78, 5) is 4.78. The van der Waals surface area contributed by atoms with Gasteiger partial charge >= 0.3 is 0 Å². The summed E-state index contributed by atoms with van der Waals surface area (Å²) in [7, 11) is -2.54. The van der Waals surface area contributed by atoms with Gasteiger partial charge in [-0.25, -0.2) is 4.98 Å². The summed E-state index contributed by atoms with van der Waals surface area (Å²) in [5.41, 5.74) is 3.28. The van der Waals surface area contributed by atoms with Crippen LogP contribution in [0, 0.1) is 0 Å². The monoisotopic (exact) mass is 502 g/mol. The first kappa shape index (κ1) is 22.5. The molecule has 7 aromatic rings. The first-order valence-corrected chi connectivity index (χ1v) is 15.0. The second-order valence-electron chi connectivity index (χ2n) is 9.62. The number of pyridine rings is 1. The summed E-state index contributed by atoms with van der Waals surface area (Å²) < 4.78 is 2.28. The van der Waals surface area contributed by atoms with Gasteiger partial charge in [-0.05, 0) is 51.1 Å². The zero-order valence-electron chi connectivity index (χ0n) is 20.9. The lowest BCUT2D eigenvalue weighted by molar-refractivity contribution is 1.14. The topological polar surface area (TPSA) is 17.8 Å². The normalized spacial score (nSPS) is 11.7. The van der Waals surface area contributed by atoms with Crippen LogP contribution < -0.4 is 20.7 Å². The van der Waals surface area contributed by atoms with Gasteiger partial charge in [-0.2, -0.15) is 0 Å². The quantitative estimate of drug-likeness (QED) is 0.223. The van der Waals surface area contributed by atoms with E-state index in [1.165, 1.54) is 37.0 Å². The predicted octanol–water partition coefficient (Wildman–Crippen LogP) is 5.56. The molecular formula is C35H26N2Si. The first-order valence-electron chi connectivity index (χ1n) is 13.0. The Kier molecular flexibility index (Phi) is 5.49. The molecule has 2 nitrogen and oxygen atoms in total. The van der Waals surface area contributed by atoms with E-state index in [-0.39, 0.29) is 0 Å². The molecule has 0 aliphatic rings. The van der Waals surface area contributed by atoms with Crippen molar-refractivity contribution in [3.63, 3.8) is 0 Å². The second-order valence-corrected chi connectivity index (χ2v) is 13.4. The second kappa shape index (κ2) is 9.29. The molecule has 38 heavy (non-hydrogen) atoms. The predicted molar refractivity (Wildman–Crippen MR) is 162 cm³/mol. The molecule has 0 saturated heterocycles. The molecule has 0 radical (unpaired) electrons. The lowest BCUT2D eigenvalue weighted by atomic mass is 10.2. The van der Waals surface area contributed by atoms with Crippen LogP contribution in [-0.2, 0) is 0 Å². The molecule has 0 amide bonds. The maximum atomic E-state index is 4.78. The van der Waals surface area contributed by atoms with Gasteiger partial charge < -0.3 is 0 Å². The third-order valence-corrected chi connectivity index (χ3v) is 12.4. The van der Waals surface area contributed by atoms with E-state index in [9.17, 15) is 0 Å². The maximum Gasteiger partial charge on any atom is 0.179 e. The van der Waals surface area contributed by atoms with Crippen molar-refractivity contribution in [2.75, 3.05) is 0 Å². The molecular weight excluding hydrogens is 476 g/mol. The molecule has 0 spiro atoms. The number of rotatable bonds is 5. The van der Waals surface area contributed by atoms with Crippen LogP contribution in [0.3, 0.4) is 0 Å². The number of hydrogen-bond acceptors (Lipinski definition) is 1. The van der Waals surface area contributed by atoms with Gasteiger partial charge in [-0.1, -0.05) is 121 Å². The molecule has 0 aliphatic carbocycles. The third-order valence-electron chi connectivity index (χ3n) is 7.61. The van der Waals surface area contributed by atoms with Crippen molar-refractivity contribution in [3.8, 4) is 5.69 Å². The van der Waals surface area contributed by atoms with Crippen molar-refractivity contribution in [3.05, 3.63) is 158 Å². The molecule has 0 aliphatic heterocycles. The van der Waals surface area contributed by atoms with Gasteiger partial charge in [-0.3, -0.25) is 4.57 Å². The molecule has 5 aromatic carbocycles. The van der Waals surface area contributed by atoms with Crippen LogP contribution in [0.5, 0.6) is 0 Å². The van der Waals surface area contributed by atoms with E-state index in [1.807, 2.05) is 12.3 Å². The van der Waals surface area contributed by atoms with Gasteiger partial charge in [0.1, 0.15) is 5.65 Å². The average Bonchev–Trinajstić information content (AvgIpc) is 3.34. The highest BCUT2D eigenvalue weighted by Gasteiger charge is 2.41. The molecule has 0 saturated carbocycles. The zero-order chi connectivity index (χ0) is 25.4. The summed E-state index contributed by atoms with van der Waals surface area (Å²) in [6.45, 7) is 0. The zero-order valence-corrected chi connectivity index (χ0v) is 21.9. The Morgan fingerprint density at radius 1 is 0.421 bits per heavy atom. The minimum Gasteiger partial charge on any atom is -0.294 e. The summed E-state index contributed by atoms with van der Waals surface area (Å²) in [5.74, 6) is 0. The lowest BCUT2D eigenvalue weighted by Crippen LogP contribution is -2.74. The van der Waals surface area contributed by atoms with Gasteiger partial charge in [0.15, 0.2) is 8.07 Å². The molecule has 0 atom stereocenters. The van der Waals surface area contributed by atoms with Crippen LogP contribution >= 0.6 is 0 Å². The van der Waals surface area contributed by atoms with E-state index in [0.29, 0.717) is 0 Å². The van der Waals surface area contributed by atoms with Gasteiger partial charge in [0, 0.05) is 22.7 Å². The average molecular weight is 503 g/mol. The van der Waals surface area contributed by atoms with Crippen LogP contribution in [0.25, 0.3) is 27.6 Å². The Bertz CT molecular complexity index is 1690. The maximum absolute atomic E-state index is 4.78. The molecule has 3 heteroatoms. The summed E-state index contributed by atoms with van der Waals surface area (Å²) in [6.07, 6.45) is 1.88. The highest BCUT2D eigenvalue weighted by Crippen LogP contribution is 2.30. The van der Waals surface area contributed by atoms with Crippen molar-refractivity contribution in [2.45, 2.75) is 0 Å². The fraction of sp³-hybridized carbons (Fsp3) is 0. The van der Waals surface area contributed by atoms with Crippen LogP contribution in [0.2, 0.25) is 0 Å². The Balaban J connectivity index is 1.49. The summed E-state index contributed by atoms with van der Waals surface area (Å²) in [6, 6.07) is 55.1. The number of aromatic nitrogens is 2. The SMILES string of the molecule is c1ccc([Si](c2ccccc2)(c2ccccc2)c2ccc(-n3c4ccccc4c4cccnc43)cc2)cc1. The number of benzene rings is 5. The Morgan fingerprint density at radius 2 is 0.895 bits per heavy atom. The van der Waals surface area contributed by atoms with Crippen LogP contribution in [0.1, 0.15) is 0 Å². The van der Waals surface area contributed by atoms with Gasteiger partial charge in [-0.15, -0.1) is 0 Å². The van der Waals surface area contributed by atoms with E-state index in [2.05, 4.69) is 150 Å². The van der Waals surface area contributed by atoms with Crippen molar-refractivity contribution in [1.29, 1.82) is 0 Å². The summed E-state index contributed by atoms with van der Waals surface area (Å²) >= 11 is 0. The minimum absolute atomic E-state index is 0.985. The van der Waals surface area contributed by atoms with Gasteiger partial charge in [0.2, 0.25) is 0 Å². The smallest absolute Gasteiger partial charge is 0.179 e. The largest absolute Gasteiger partial charge is 0.294 e. The molecule has 0 fully saturated rings. The molecule has 2 aromatic heterocycles. The molecule has 7 rings (SSSR count). The number of para-hydroxylation sites is 1. The van der Waals surface area contributed by atoms with E-state index >= 15 is 0 Å². The van der Waals surface area contributed by atoms with E-state index in [0.717, 1.165) is 11.3 Å². The number of nitrogens with zero attached hydrogens (tertiary/aromatic N) is 2. The third kappa shape index (κ3) is 3.44. The minimum atomic E-state index is -2.54. The fourth-order valence-corrected chi connectivity index (χ4v) is 10.7. The van der Waals surface area contributed by atoms with E-state index in [4.69, 9.17) is 4.98 Å². The highest BCUT2D eigenvalue weighted by atomic mass is 28.3. The Morgan fingerprint density at radius 3 is 1.47 bits per heavy atom. The molecule has 0 N–H and O–H groups in total. The van der Waals surface area contributed by atoms with Crippen molar-refractivity contribution in [2.24, 2.45) is 0 Å². The van der Waals surface area contributed by atoms with Gasteiger partial charge in [0.05, 0.1) is 5.52 Å². The van der Waals surface area contributed by atoms with Crippen LogP contribution in [0.4, 0.5) is 0 Å². The van der Waals surface area contributed by atoms with Crippen molar-refractivity contribution < 1.29 is 0 Å².